The molecule has 0 saturated carbocycles. The van der Waals surface area contributed by atoms with E-state index in [2.05, 4.69) is 29.4 Å². The summed E-state index contributed by atoms with van der Waals surface area (Å²) in [6.45, 7) is 6.90. The van der Waals surface area contributed by atoms with Gasteiger partial charge in [0.1, 0.15) is 0 Å². The maximum atomic E-state index is 5.37. The minimum Gasteiger partial charge on any atom is -0.382 e. The Bertz CT molecular complexity index is 277. The summed E-state index contributed by atoms with van der Waals surface area (Å²) in [5.41, 5.74) is 1.35. The van der Waals surface area contributed by atoms with Crippen LogP contribution in [0, 0.1) is 0 Å². The Morgan fingerprint density at radius 1 is 1.29 bits per heavy atom. The largest absolute Gasteiger partial charge is 0.382 e. The highest BCUT2D eigenvalue weighted by molar-refractivity contribution is 5.11. The molecule has 1 unspecified atom stereocenters. The lowest BCUT2D eigenvalue weighted by molar-refractivity contribution is 0.141. The summed E-state index contributed by atoms with van der Waals surface area (Å²) in [5, 5.41) is 3.53. The molecule has 1 aromatic rings. The molecule has 0 spiro atoms. The van der Waals surface area contributed by atoms with E-state index in [4.69, 9.17) is 4.74 Å². The van der Waals surface area contributed by atoms with Gasteiger partial charge in [-0.25, -0.2) is 0 Å². The molecular weight excluding hydrogens is 212 g/mol. The second-order valence-electron chi connectivity index (χ2n) is 4.15. The van der Waals surface area contributed by atoms with Gasteiger partial charge in [-0.05, 0) is 50.4 Å². The van der Waals surface area contributed by atoms with E-state index >= 15 is 0 Å². The standard InChI is InChI=1S/C14H24N2O/c1-3-16-14(6-5-11-17-4-2)12-13-7-9-15-10-8-13/h7-10,14,16H,3-6,11-12H2,1-2H3. The van der Waals surface area contributed by atoms with Crippen molar-refractivity contribution in [2.75, 3.05) is 19.8 Å². The zero-order valence-corrected chi connectivity index (χ0v) is 11.0. The number of nitrogens with one attached hydrogen (secondary N) is 1. The lowest BCUT2D eigenvalue weighted by Crippen LogP contribution is -2.31. The lowest BCUT2D eigenvalue weighted by Gasteiger charge is -2.17. The predicted molar refractivity (Wildman–Crippen MR) is 71.1 cm³/mol. The molecular formula is C14H24N2O. The first kappa shape index (κ1) is 14.1. The monoisotopic (exact) mass is 236 g/mol. The summed E-state index contributed by atoms with van der Waals surface area (Å²) in [6, 6.07) is 4.72. The van der Waals surface area contributed by atoms with Gasteiger partial charge in [0.2, 0.25) is 0 Å². The van der Waals surface area contributed by atoms with Gasteiger partial charge in [-0.15, -0.1) is 0 Å². The van der Waals surface area contributed by atoms with Crippen molar-refractivity contribution < 1.29 is 4.74 Å². The number of rotatable bonds is 9. The van der Waals surface area contributed by atoms with Crippen molar-refractivity contribution in [2.45, 2.75) is 39.2 Å². The Kier molecular flexibility index (Phi) is 7.60. The van der Waals surface area contributed by atoms with Gasteiger partial charge in [0.05, 0.1) is 0 Å². The van der Waals surface area contributed by atoms with Gasteiger partial charge in [-0.1, -0.05) is 6.92 Å². The maximum absolute atomic E-state index is 5.37. The Morgan fingerprint density at radius 3 is 2.71 bits per heavy atom. The van der Waals surface area contributed by atoms with Crippen molar-refractivity contribution in [2.24, 2.45) is 0 Å². The van der Waals surface area contributed by atoms with E-state index in [9.17, 15) is 0 Å². The maximum Gasteiger partial charge on any atom is 0.0466 e. The van der Waals surface area contributed by atoms with Gasteiger partial charge in [0, 0.05) is 31.6 Å². The lowest BCUT2D eigenvalue weighted by atomic mass is 10.0. The van der Waals surface area contributed by atoms with Crippen LogP contribution in [0.2, 0.25) is 0 Å². The molecule has 1 heterocycles. The summed E-state index contributed by atoms with van der Waals surface area (Å²) in [6.07, 6.45) is 7.08. The van der Waals surface area contributed by atoms with E-state index in [0.29, 0.717) is 6.04 Å². The molecule has 0 aliphatic rings. The highest BCUT2D eigenvalue weighted by atomic mass is 16.5. The fraction of sp³-hybridized carbons (Fsp3) is 0.643. The van der Waals surface area contributed by atoms with Gasteiger partial charge in [-0.3, -0.25) is 4.98 Å². The molecule has 0 saturated heterocycles. The Hall–Kier alpha value is -0.930. The van der Waals surface area contributed by atoms with Crippen molar-refractivity contribution in [1.82, 2.24) is 10.3 Å². The second-order valence-corrected chi connectivity index (χ2v) is 4.15. The normalized spacial score (nSPS) is 12.6. The van der Waals surface area contributed by atoms with Crippen molar-refractivity contribution in [3.8, 4) is 0 Å². The van der Waals surface area contributed by atoms with Crippen LogP contribution in [-0.4, -0.2) is 30.8 Å². The third-order valence-corrected chi connectivity index (χ3v) is 2.77. The number of nitrogens with zero attached hydrogens (tertiary/aromatic N) is 1. The summed E-state index contributed by atoms with van der Waals surface area (Å²) in [5.74, 6) is 0. The highest BCUT2D eigenvalue weighted by Gasteiger charge is 2.07. The topological polar surface area (TPSA) is 34.1 Å². The molecule has 0 fully saturated rings. The van der Waals surface area contributed by atoms with Gasteiger partial charge in [0.25, 0.3) is 0 Å². The highest BCUT2D eigenvalue weighted by Crippen LogP contribution is 2.07. The van der Waals surface area contributed by atoms with Crippen molar-refractivity contribution in [3.63, 3.8) is 0 Å². The van der Waals surface area contributed by atoms with Crippen LogP contribution in [0.5, 0.6) is 0 Å². The zero-order chi connectivity index (χ0) is 12.3. The van der Waals surface area contributed by atoms with Crippen LogP contribution in [0.15, 0.2) is 24.5 Å². The summed E-state index contributed by atoms with van der Waals surface area (Å²) in [4.78, 5) is 4.04. The second kappa shape index (κ2) is 9.14. The van der Waals surface area contributed by atoms with E-state index in [1.165, 1.54) is 5.56 Å². The van der Waals surface area contributed by atoms with E-state index in [1.807, 2.05) is 19.3 Å². The molecule has 0 aliphatic heterocycles. The first-order valence-corrected chi connectivity index (χ1v) is 6.56. The Labute approximate surface area is 105 Å². The van der Waals surface area contributed by atoms with Gasteiger partial charge >= 0.3 is 0 Å². The molecule has 0 aromatic carbocycles. The van der Waals surface area contributed by atoms with E-state index in [1.54, 1.807) is 0 Å². The van der Waals surface area contributed by atoms with Crippen molar-refractivity contribution >= 4 is 0 Å². The molecule has 3 heteroatoms. The summed E-state index contributed by atoms with van der Waals surface area (Å²) >= 11 is 0. The fourth-order valence-corrected chi connectivity index (χ4v) is 1.94. The molecule has 3 nitrogen and oxygen atoms in total. The summed E-state index contributed by atoms with van der Waals surface area (Å²) in [7, 11) is 0. The number of hydrogen-bond acceptors (Lipinski definition) is 3. The van der Waals surface area contributed by atoms with Crippen molar-refractivity contribution in [1.29, 1.82) is 0 Å². The molecule has 1 rings (SSSR count). The van der Waals surface area contributed by atoms with Crippen LogP contribution < -0.4 is 5.32 Å². The van der Waals surface area contributed by atoms with E-state index < -0.39 is 0 Å². The molecule has 1 aromatic heterocycles. The number of aromatic nitrogens is 1. The van der Waals surface area contributed by atoms with Crippen LogP contribution in [0.25, 0.3) is 0 Å². The molecule has 96 valence electrons. The van der Waals surface area contributed by atoms with Gasteiger partial charge in [0.15, 0.2) is 0 Å². The molecule has 17 heavy (non-hydrogen) atoms. The van der Waals surface area contributed by atoms with Gasteiger partial charge in [-0.2, -0.15) is 0 Å². The fourth-order valence-electron chi connectivity index (χ4n) is 1.94. The molecule has 1 atom stereocenters. The quantitative estimate of drug-likeness (QED) is 0.669. The third-order valence-electron chi connectivity index (χ3n) is 2.77. The molecule has 0 amide bonds. The minimum absolute atomic E-state index is 0.544. The molecule has 0 bridgehead atoms. The van der Waals surface area contributed by atoms with E-state index in [-0.39, 0.29) is 0 Å². The van der Waals surface area contributed by atoms with E-state index in [0.717, 1.165) is 39.0 Å². The zero-order valence-electron chi connectivity index (χ0n) is 11.0. The Morgan fingerprint density at radius 2 is 2.06 bits per heavy atom. The Balaban J connectivity index is 2.32. The number of hydrogen-bond donors (Lipinski definition) is 1. The smallest absolute Gasteiger partial charge is 0.0466 e. The number of pyridine rings is 1. The molecule has 0 aliphatic carbocycles. The predicted octanol–water partition coefficient (Wildman–Crippen LogP) is 2.42. The first-order chi connectivity index (χ1) is 8.36. The van der Waals surface area contributed by atoms with Crippen LogP contribution in [0.4, 0.5) is 0 Å². The molecule has 1 N–H and O–H groups in total. The summed E-state index contributed by atoms with van der Waals surface area (Å²) < 4.78 is 5.37. The molecule has 0 radical (unpaired) electrons. The van der Waals surface area contributed by atoms with Crippen LogP contribution in [0.1, 0.15) is 32.3 Å². The first-order valence-electron chi connectivity index (χ1n) is 6.56. The van der Waals surface area contributed by atoms with Crippen LogP contribution in [-0.2, 0) is 11.2 Å². The van der Waals surface area contributed by atoms with Crippen LogP contribution >= 0.6 is 0 Å². The van der Waals surface area contributed by atoms with Gasteiger partial charge < -0.3 is 10.1 Å². The number of ether oxygens (including phenoxy) is 1. The average Bonchev–Trinajstić information content (AvgIpc) is 2.36. The third kappa shape index (κ3) is 6.39. The average molecular weight is 236 g/mol. The number of likely N-dealkylation sites (N-methyl/N-ethyl adjacent to an activating group) is 1. The SMILES string of the molecule is CCNC(CCCOCC)Cc1ccncc1. The van der Waals surface area contributed by atoms with Crippen molar-refractivity contribution in [3.05, 3.63) is 30.1 Å². The minimum atomic E-state index is 0.544. The van der Waals surface area contributed by atoms with Crippen LogP contribution in [0.3, 0.4) is 0 Å².